The lowest BCUT2D eigenvalue weighted by Crippen LogP contribution is -2.32. The summed E-state index contributed by atoms with van der Waals surface area (Å²) in [5, 5.41) is 10.2. The lowest BCUT2D eigenvalue weighted by molar-refractivity contribution is 0.101. The van der Waals surface area contributed by atoms with Crippen molar-refractivity contribution in [3.8, 4) is 5.75 Å². The van der Waals surface area contributed by atoms with Gasteiger partial charge < -0.3 is 5.11 Å². The molecule has 110 valence electrons. The number of halogens is 1. The van der Waals surface area contributed by atoms with Gasteiger partial charge in [0.25, 0.3) is 0 Å². The third-order valence-electron chi connectivity index (χ3n) is 4.10. The Hall–Kier alpha value is -1.42. The molecular weight excluding hydrogens is 257 g/mol. The highest BCUT2D eigenvalue weighted by Crippen LogP contribution is 2.28. The quantitative estimate of drug-likeness (QED) is 0.861. The number of phenols is 1. The first-order valence-electron chi connectivity index (χ1n) is 7.25. The molecule has 1 heterocycles. The van der Waals surface area contributed by atoms with Crippen LogP contribution in [0.2, 0.25) is 0 Å². The fraction of sp³-hybridized carbons (Fsp3) is 0.562. The first-order valence-corrected chi connectivity index (χ1v) is 7.25. The summed E-state index contributed by atoms with van der Waals surface area (Å²) in [6.45, 7) is 4.94. The van der Waals surface area contributed by atoms with Crippen LogP contribution in [-0.4, -0.2) is 28.4 Å². The van der Waals surface area contributed by atoms with Crippen LogP contribution in [0.25, 0.3) is 0 Å². The molecule has 1 aliphatic rings. The van der Waals surface area contributed by atoms with E-state index in [4.69, 9.17) is 0 Å². The Morgan fingerprint density at radius 1 is 1.40 bits per heavy atom. The molecule has 0 saturated carbocycles. The molecule has 1 aromatic rings. The number of carbonyl (C=O) groups is 1. The van der Waals surface area contributed by atoms with Crippen molar-refractivity contribution in [3.63, 3.8) is 0 Å². The molecule has 3 nitrogen and oxygen atoms in total. The van der Waals surface area contributed by atoms with Crippen LogP contribution >= 0.6 is 0 Å². The van der Waals surface area contributed by atoms with Crippen molar-refractivity contribution in [2.45, 2.75) is 52.1 Å². The second-order valence-corrected chi connectivity index (χ2v) is 5.69. The summed E-state index contributed by atoms with van der Waals surface area (Å²) >= 11 is 0. The maximum atomic E-state index is 13.6. The van der Waals surface area contributed by atoms with E-state index in [1.54, 1.807) is 0 Å². The maximum Gasteiger partial charge on any atom is 0.163 e. The van der Waals surface area contributed by atoms with E-state index in [2.05, 4.69) is 11.8 Å². The summed E-state index contributed by atoms with van der Waals surface area (Å²) in [6, 6.07) is 2.85. The first-order chi connectivity index (χ1) is 9.49. The molecule has 1 unspecified atom stereocenters. The minimum absolute atomic E-state index is 0.0717. The predicted molar refractivity (Wildman–Crippen MR) is 76.4 cm³/mol. The highest BCUT2D eigenvalue weighted by atomic mass is 19.1. The molecule has 1 aliphatic heterocycles. The van der Waals surface area contributed by atoms with Crippen molar-refractivity contribution < 1.29 is 14.3 Å². The summed E-state index contributed by atoms with van der Waals surface area (Å²) < 4.78 is 13.6. The fourth-order valence-electron chi connectivity index (χ4n) is 2.83. The van der Waals surface area contributed by atoms with Crippen LogP contribution < -0.4 is 0 Å². The molecule has 20 heavy (non-hydrogen) atoms. The van der Waals surface area contributed by atoms with Crippen LogP contribution in [0.4, 0.5) is 4.39 Å². The van der Waals surface area contributed by atoms with E-state index in [1.807, 2.05) is 0 Å². The first kappa shape index (κ1) is 15.0. The SMILES string of the molecule is CC(=O)c1cc(F)cc(CN2CCCCCC2C)c1O. The second-order valence-electron chi connectivity index (χ2n) is 5.69. The van der Waals surface area contributed by atoms with Gasteiger partial charge in [-0.05, 0) is 45.4 Å². The molecule has 1 atom stereocenters. The molecule has 0 bridgehead atoms. The van der Waals surface area contributed by atoms with Gasteiger partial charge in [-0.1, -0.05) is 12.8 Å². The van der Waals surface area contributed by atoms with Crippen molar-refractivity contribution >= 4 is 5.78 Å². The average Bonchev–Trinajstić information content (AvgIpc) is 2.58. The number of benzene rings is 1. The molecule has 4 heteroatoms. The average molecular weight is 279 g/mol. The molecule has 1 N–H and O–H groups in total. The number of phenolic OH excluding ortho intramolecular Hbond substituents is 1. The van der Waals surface area contributed by atoms with E-state index >= 15 is 0 Å². The fourth-order valence-corrected chi connectivity index (χ4v) is 2.83. The Morgan fingerprint density at radius 3 is 2.85 bits per heavy atom. The molecule has 0 amide bonds. The van der Waals surface area contributed by atoms with E-state index in [-0.39, 0.29) is 17.1 Å². The van der Waals surface area contributed by atoms with Gasteiger partial charge in [-0.3, -0.25) is 9.69 Å². The van der Waals surface area contributed by atoms with Crippen molar-refractivity contribution in [2.24, 2.45) is 0 Å². The number of hydrogen-bond acceptors (Lipinski definition) is 3. The van der Waals surface area contributed by atoms with Gasteiger partial charge in [0.15, 0.2) is 5.78 Å². The summed E-state index contributed by atoms with van der Waals surface area (Å²) in [6.07, 6.45) is 4.68. The Bertz CT molecular complexity index is 501. The van der Waals surface area contributed by atoms with Gasteiger partial charge in [0.2, 0.25) is 0 Å². The van der Waals surface area contributed by atoms with Gasteiger partial charge in [0, 0.05) is 18.2 Å². The zero-order valence-corrected chi connectivity index (χ0v) is 12.2. The van der Waals surface area contributed by atoms with Crippen LogP contribution in [0.1, 0.15) is 55.5 Å². The van der Waals surface area contributed by atoms with Crippen LogP contribution in [0.5, 0.6) is 5.75 Å². The molecule has 1 aromatic carbocycles. The minimum atomic E-state index is -0.467. The van der Waals surface area contributed by atoms with Gasteiger partial charge in [0.1, 0.15) is 11.6 Å². The highest BCUT2D eigenvalue weighted by molar-refractivity contribution is 5.97. The summed E-state index contributed by atoms with van der Waals surface area (Å²) in [5.74, 6) is -0.854. The highest BCUT2D eigenvalue weighted by Gasteiger charge is 2.20. The zero-order chi connectivity index (χ0) is 14.7. The molecular formula is C16H22FNO2. The number of rotatable bonds is 3. The standard InChI is InChI=1S/C16H22FNO2/c1-11-6-4-3-5-7-18(11)10-13-8-14(17)9-15(12(2)19)16(13)20/h8-9,11,20H,3-7,10H2,1-2H3. The molecule has 0 radical (unpaired) electrons. The van der Waals surface area contributed by atoms with Gasteiger partial charge in [-0.15, -0.1) is 0 Å². The van der Waals surface area contributed by atoms with Gasteiger partial charge in [-0.25, -0.2) is 4.39 Å². The van der Waals surface area contributed by atoms with Crippen molar-refractivity contribution in [1.82, 2.24) is 4.90 Å². The van der Waals surface area contributed by atoms with Gasteiger partial charge in [0.05, 0.1) is 5.56 Å². The molecule has 1 saturated heterocycles. The Kier molecular flexibility index (Phi) is 4.76. The second kappa shape index (κ2) is 6.35. The van der Waals surface area contributed by atoms with Gasteiger partial charge in [-0.2, -0.15) is 0 Å². The third-order valence-corrected chi connectivity index (χ3v) is 4.10. The van der Waals surface area contributed by atoms with Crippen molar-refractivity contribution in [3.05, 3.63) is 29.1 Å². The smallest absolute Gasteiger partial charge is 0.163 e. The lowest BCUT2D eigenvalue weighted by atomic mass is 10.0. The number of Topliss-reactive ketones (excluding diaryl/α,β-unsaturated/α-hetero) is 1. The van der Waals surface area contributed by atoms with E-state index in [1.165, 1.54) is 25.8 Å². The monoisotopic (exact) mass is 279 g/mol. The number of likely N-dealkylation sites (tertiary alicyclic amines) is 1. The molecule has 0 spiro atoms. The number of carbonyl (C=O) groups excluding carboxylic acids is 1. The topological polar surface area (TPSA) is 40.5 Å². The maximum absolute atomic E-state index is 13.6. The van der Waals surface area contributed by atoms with Gasteiger partial charge >= 0.3 is 0 Å². The number of nitrogens with zero attached hydrogens (tertiary/aromatic N) is 1. The molecule has 2 rings (SSSR count). The van der Waals surface area contributed by atoms with Crippen molar-refractivity contribution in [1.29, 1.82) is 0 Å². The van der Waals surface area contributed by atoms with E-state index < -0.39 is 5.82 Å². The molecule has 0 aromatic heterocycles. The number of aromatic hydroxyl groups is 1. The summed E-state index contributed by atoms with van der Waals surface area (Å²) in [7, 11) is 0. The third kappa shape index (κ3) is 3.37. The minimum Gasteiger partial charge on any atom is -0.507 e. The predicted octanol–water partition coefficient (Wildman–Crippen LogP) is 3.50. The molecule has 1 fully saturated rings. The summed E-state index contributed by atoms with van der Waals surface area (Å²) in [5.41, 5.74) is 0.575. The van der Waals surface area contributed by atoms with E-state index in [9.17, 15) is 14.3 Å². The normalized spacial score (nSPS) is 20.6. The largest absolute Gasteiger partial charge is 0.507 e. The lowest BCUT2D eigenvalue weighted by Gasteiger charge is -2.27. The van der Waals surface area contributed by atoms with Crippen LogP contribution in [0.3, 0.4) is 0 Å². The Morgan fingerprint density at radius 2 is 2.15 bits per heavy atom. The van der Waals surface area contributed by atoms with Crippen LogP contribution in [-0.2, 0) is 6.54 Å². The van der Waals surface area contributed by atoms with E-state index in [0.29, 0.717) is 18.2 Å². The number of ketones is 1. The van der Waals surface area contributed by atoms with E-state index in [0.717, 1.165) is 25.5 Å². The van der Waals surface area contributed by atoms with Crippen LogP contribution in [0, 0.1) is 5.82 Å². The molecule has 0 aliphatic carbocycles. The summed E-state index contributed by atoms with van der Waals surface area (Å²) in [4.78, 5) is 13.7. The zero-order valence-electron chi connectivity index (χ0n) is 12.2. The number of hydrogen-bond donors (Lipinski definition) is 1. The van der Waals surface area contributed by atoms with Crippen molar-refractivity contribution in [2.75, 3.05) is 6.54 Å². The Labute approximate surface area is 119 Å². The van der Waals surface area contributed by atoms with Crippen LogP contribution in [0.15, 0.2) is 12.1 Å². The Balaban J connectivity index is 2.26.